The maximum absolute atomic E-state index is 13.2. The third kappa shape index (κ3) is 2.52. The molecule has 194 valence electrons. The number of hydrogen-bond acceptors (Lipinski definition) is 4. The molecule has 0 aromatic heterocycles. The summed E-state index contributed by atoms with van der Waals surface area (Å²) in [7, 11) is 1.69. The monoisotopic (exact) mass is 547 g/mol. The molecule has 9 rings (SSSR count). The standard InChI is InChI=1S/C34H29NO2S2/c1-33-21(15-23(38-33)17-10-6-4-7-11-17)29-25-19-14-20(28-27(19)31(36)35(3)32(28)37)26(25)30(29)22-16-24(39-34(22,33)2)18-12-8-5-9-13-18/h4-13,15-16,19-20,25-28H,14H2,1-3H3/t19-,20+,25+,26-,27+,28-,33-,34-/m1/s1. The Balaban J connectivity index is 1.26. The van der Waals surface area contributed by atoms with Gasteiger partial charge < -0.3 is 0 Å². The van der Waals surface area contributed by atoms with Crippen LogP contribution in [-0.4, -0.2) is 33.3 Å². The highest BCUT2D eigenvalue weighted by Gasteiger charge is 2.74. The van der Waals surface area contributed by atoms with E-state index in [9.17, 15) is 9.59 Å². The van der Waals surface area contributed by atoms with Crippen LogP contribution in [-0.2, 0) is 9.59 Å². The van der Waals surface area contributed by atoms with Gasteiger partial charge in [0.05, 0.1) is 21.3 Å². The van der Waals surface area contributed by atoms with Gasteiger partial charge in [-0.3, -0.25) is 14.5 Å². The maximum atomic E-state index is 13.2. The minimum Gasteiger partial charge on any atom is -0.285 e. The first-order valence-corrected chi connectivity index (χ1v) is 15.7. The summed E-state index contributed by atoms with van der Waals surface area (Å²) in [5, 5.41) is 0. The number of thioether (sulfide) groups is 2. The van der Waals surface area contributed by atoms with Crippen LogP contribution in [0.5, 0.6) is 0 Å². The fourth-order valence-electron chi connectivity index (χ4n) is 9.36. The van der Waals surface area contributed by atoms with E-state index in [2.05, 4.69) is 86.7 Å². The average molecular weight is 548 g/mol. The Morgan fingerprint density at radius 3 is 1.49 bits per heavy atom. The molecule has 7 aliphatic rings. The summed E-state index contributed by atoms with van der Waals surface area (Å²) in [5.74, 6) is 1.26. The molecule has 3 saturated carbocycles. The highest BCUT2D eigenvalue weighted by Crippen LogP contribution is 2.78. The fraction of sp³-hybridized carbons (Fsp3) is 0.353. The molecule has 3 heterocycles. The van der Waals surface area contributed by atoms with Crippen LogP contribution in [0.15, 0.2) is 95.1 Å². The number of nitrogens with zero attached hydrogens (tertiary/aromatic N) is 1. The summed E-state index contributed by atoms with van der Waals surface area (Å²) in [5.41, 5.74) is 8.52. The van der Waals surface area contributed by atoms with Gasteiger partial charge in [-0.25, -0.2) is 0 Å². The molecular weight excluding hydrogens is 519 g/mol. The molecular formula is C34H29NO2S2. The van der Waals surface area contributed by atoms with Crippen molar-refractivity contribution in [2.45, 2.75) is 29.8 Å². The summed E-state index contributed by atoms with van der Waals surface area (Å²) < 4.78 is -0.245. The van der Waals surface area contributed by atoms with Gasteiger partial charge in [0.2, 0.25) is 11.8 Å². The third-order valence-corrected chi connectivity index (χ3v) is 14.5. The van der Waals surface area contributed by atoms with Crippen LogP contribution < -0.4 is 0 Å². The Labute approximate surface area is 237 Å². The zero-order valence-electron chi connectivity index (χ0n) is 22.2. The molecule has 0 radical (unpaired) electrons. The smallest absolute Gasteiger partial charge is 0.233 e. The first-order valence-electron chi connectivity index (χ1n) is 14.1. The number of allylic oxidation sites excluding steroid dienone is 4. The van der Waals surface area contributed by atoms with E-state index in [4.69, 9.17) is 0 Å². The van der Waals surface area contributed by atoms with Crippen molar-refractivity contribution >= 4 is 45.1 Å². The Hall–Kier alpha value is -2.76. The Bertz CT molecular complexity index is 1530. The summed E-state index contributed by atoms with van der Waals surface area (Å²) in [4.78, 5) is 30.6. The summed E-state index contributed by atoms with van der Waals surface area (Å²) in [6.45, 7) is 4.92. The van der Waals surface area contributed by atoms with Gasteiger partial charge in [-0.1, -0.05) is 60.7 Å². The molecule has 2 aromatic carbocycles. The topological polar surface area (TPSA) is 37.4 Å². The second kappa shape index (κ2) is 7.30. The number of amides is 2. The number of carbonyl (C=O) groups is 2. The van der Waals surface area contributed by atoms with Crippen molar-refractivity contribution in [1.82, 2.24) is 4.90 Å². The largest absolute Gasteiger partial charge is 0.285 e. The zero-order valence-corrected chi connectivity index (χ0v) is 23.8. The molecule has 0 N–H and O–H groups in total. The predicted octanol–water partition coefficient (Wildman–Crippen LogP) is 6.81. The van der Waals surface area contributed by atoms with Crippen LogP contribution in [0, 0.1) is 35.5 Å². The first kappa shape index (κ1) is 23.0. The van der Waals surface area contributed by atoms with Crippen molar-refractivity contribution in [2.75, 3.05) is 7.05 Å². The van der Waals surface area contributed by atoms with Crippen LogP contribution in [0.1, 0.15) is 31.4 Å². The SMILES string of the molecule is CN1C(=O)[C@@H]2[C@H]3C[C@@H]([C@@H]2C1=O)[C@@H]1C2=C4C=C(c5ccccc5)S[C@@]4(C)[C@]4(C)SC(c5ccccc5)=CC4=C2[C@H]31. The van der Waals surface area contributed by atoms with Crippen molar-refractivity contribution < 1.29 is 9.59 Å². The van der Waals surface area contributed by atoms with Gasteiger partial charge in [0, 0.05) is 16.9 Å². The quantitative estimate of drug-likeness (QED) is 0.306. The van der Waals surface area contributed by atoms with Gasteiger partial charge in [-0.2, -0.15) is 0 Å². The molecule has 3 aliphatic heterocycles. The van der Waals surface area contributed by atoms with E-state index in [0.29, 0.717) is 11.8 Å². The van der Waals surface area contributed by atoms with Gasteiger partial charge in [0.25, 0.3) is 0 Å². The summed E-state index contributed by atoms with van der Waals surface area (Å²) in [6.07, 6.45) is 5.97. The van der Waals surface area contributed by atoms with E-state index in [0.717, 1.165) is 6.42 Å². The summed E-state index contributed by atoms with van der Waals surface area (Å²) >= 11 is 4.05. The van der Waals surface area contributed by atoms with Crippen LogP contribution in [0.25, 0.3) is 9.81 Å². The van der Waals surface area contributed by atoms with Gasteiger partial charge >= 0.3 is 0 Å². The van der Waals surface area contributed by atoms with Crippen LogP contribution >= 0.6 is 23.5 Å². The summed E-state index contributed by atoms with van der Waals surface area (Å²) in [6, 6.07) is 21.6. The van der Waals surface area contributed by atoms with Crippen LogP contribution in [0.4, 0.5) is 0 Å². The normalized spacial score (nSPS) is 40.7. The van der Waals surface area contributed by atoms with Crippen LogP contribution in [0.3, 0.4) is 0 Å². The second-order valence-corrected chi connectivity index (χ2v) is 15.5. The van der Waals surface area contributed by atoms with E-state index in [1.54, 1.807) is 7.05 Å². The fourth-order valence-corrected chi connectivity index (χ4v) is 12.5. The van der Waals surface area contributed by atoms with Gasteiger partial charge in [0.1, 0.15) is 0 Å². The number of benzene rings is 2. The van der Waals surface area contributed by atoms with Gasteiger partial charge in [-0.05, 0) is 89.5 Å². The van der Waals surface area contributed by atoms with Gasteiger partial charge in [-0.15, -0.1) is 23.5 Å². The number of hydrogen-bond donors (Lipinski definition) is 0. The molecule has 0 unspecified atom stereocenters. The lowest BCUT2D eigenvalue weighted by atomic mass is 9.49. The molecule has 39 heavy (non-hydrogen) atoms. The Morgan fingerprint density at radius 1 is 0.667 bits per heavy atom. The van der Waals surface area contributed by atoms with E-state index in [1.165, 1.54) is 48.1 Å². The number of rotatable bonds is 2. The number of fused-ring (bicyclic) bond motifs is 14. The van der Waals surface area contributed by atoms with Crippen molar-refractivity contribution in [1.29, 1.82) is 0 Å². The lowest BCUT2D eigenvalue weighted by Gasteiger charge is -2.57. The number of imide groups is 1. The van der Waals surface area contributed by atoms with Crippen molar-refractivity contribution in [3.8, 4) is 0 Å². The number of carbonyl (C=O) groups excluding carboxylic acids is 2. The van der Waals surface area contributed by atoms with Crippen molar-refractivity contribution in [3.63, 3.8) is 0 Å². The molecule has 1 saturated heterocycles. The minimum absolute atomic E-state index is 0.0649. The maximum Gasteiger partial charge on any atom is 0.233 e. The second-order valence-electron chi connectivity index (χ2n) is 12.6. The molecule has 5 heteroatoms. The van der Waals surface area contributed by atoms with E-state index < -0.39 is 0 Å². The van der Waals surface area contributed by atoms with Gasteiger partial charge in [0.15, 0.2) is 0 Å². The lowest BCUT2D eigenvalue weighted by Crippen LogP contribution is -2.55. The molecule has 4 fully saturated rings. The van der Waals surface area contributed by atoms with E-state index >= 15 is 0 Å². The highest BCUT2D eigenvalue weighted by molar-refractivity contribution is 8.14. The van der Waals surface area contributed by atoms with E-state index in [-0.39, 0.29) is 45.0 Å². The first-order chi connectivity index (χ1) is 18.8. The number of likely N-dealkylation sites (tertiary alicyclic amines) is 1. The average Bonchev–Trinajstić information content (AvgIpc) is 3.71. The molecule has 0 spiro atoms. The Morgan fingerprint density at radius 2 is 1.08 bits per heavy atom. The minimum atomic E-state index is -0.122. The van der Waals surface area contributed by atoms with E-state index in [1.807, 2.05) is 23.5 Å². The molecule has 2 amide bonds. The Kier molecular flexibility index (Phi) is 4.30. The highest BCUT2D eigenvalue weighted by atomic mass is 32.2. The zero-order chi connectivity index (χ0) is 26.4. The van der Waals surface area contributed by atoms with Crippen molar-refractivity contribution in [3.05, 3.63) is 106 Å². The van der Waals surface area contributed by atoms with Crippen molar-refractivity contribution in [2.24, 2.45) is 35.5 Å². The molecule has 8 atom stereocenters. The third-order valence-electron chi connectivity index (χ3n) is 11.2. The van der Waals surface area contributed by atoms with Crippen LogP contribution in [0.2, 0.25) is 0 Å². The lowest BCUT2D eigenvalue weighted by molar-refractivity contribution is -0.139. The molecule has 4 aliphatic carbocycles. The predicted molar refractivity (Wildman–Crippen MR) is 158 cm³/mol. The molecule has 2 aromatic rings. The molecule has 2 bridgehead atoms. The molecule has 3 nitrogen and oxygen atoms in total.